The summed E-state index contributed by atoms with van der Waals surface area (Å²) < 4.78 is 32.8. The van der Waals surface area contributed by atoms with Crippen LogP contribution in [0, 0.1) is 0 Å². The molecule has 0 aromatic carbocycles. The Balaban J connectivity index is 3.97. The van der Waals surface area contributed by atoms with Gasteiger partial charge in [-0.05, 0) is 84.0 Å². The Morgan fingerprint density at radius 2 is 0.797 bits per heavy atom. The number of carbonyl (C=O) groups excluding carboxylic acids is 2. The molecule has 2 atom stereocenters. The van der Waals surface area contributed by atoms with Crippen molar-refractivity contribution >= 4 is 19.8 Å². The molecule has 2 unspecified atom stereocenters. The highest BCUT2D eigenvalue weighted by Gasteiger charge is 2.25. The summed E-state index contributed by atoms with van der Waals surface area (Å²) in [5, 5.41) is 0. The second-order valence-corrected chi connectivity index (χ2v) is 19.0. The van der Waals surface area contributed by atoms with Gasteiger partial charge in [-0.3, -0.25) is 18.6 Å². The molecule has 1 N–H and O–H groups in total. The van der Waals surface area contributed by atoms with Gasteiger partial charge in [0.05, 0.1) is 13.2 Å². The summed E-state index contributed by atoms with van der Waals surface area (Å²) in [4.78, 5) is 35.0. The number of hydrogen-bond donors (Lipinski definition) is 1. The van der Waals surface area contributed by atoms with Crippen molar-refractivity contribution in [3.8, 4) is 0 Å². The highest BCUT2D eigenvalue weighted by Crippen LogP contribution is 2.43. The number of ether oxygens (including phenoxy) is 2. The molecule has 0 amide bonds. The van der Waals surface area contributed by atoms with Gasteiger partial charge in [0.1, 0.15) is 6.61 Å². The molecule has 372 valence electrons. The molecule has 9 heteroatoms. The Morgan fingerprint density at radius 1 is 0.438 bits per heavy atom. The quantitative estimate of drug-likeness (QED) is 0.0278. The summed E-state index contributed by atoms with van der Waals surface area (Å²) >= 11 is 0. The summed E-state index contributed by atoms with van der Waals surface area (Å²) in [5.41, 5.74) is 0. The number of hydrogen-bond acceptors (Lipinski definition) is 7. The van der Waals surface area contributed by atoms with Gasteiger partial charge in [-0.25, -0.2) is 4.57 Å². The van der Waals surface area contributed by atoms with E-state index in [1.807, 2.05) is 0 Å². The SMILES string of the molecule is CC/C=C\C/C=C\C/C=C\C/C=C\CCCCCCCCCCC(=O)OC(COC(=O)CCCCCCCCCCCCC/C=C\CCCCCCCCCC)COP(=O)(O)OCC. The highest BCUT2D eigenvalue weighted by atomic mass is 31.2. The fourth-order valence-electron chi connectivity index (χ4n) is 7.44. The molecule has 0 rings (SSSR count). The number of esters is 2. The van der Waals surface area contributed by atoms with Crippen LogP contribution in [0.25, 0.3) is 0 Å². The van der Waals surface area contributed by atoms with E-state index in [1.54, 1.807) is 6.92 Å². The molecule has 0 bridgehead atoms. The number of phosphoric ester groups is 1. The fraction of sp³-hybridized carbons (Fsp3) is 0.782. The van der Waals surface area contributed by atoms with Gasteiger partial charge < -0.3 is 14.4 Å². The number of unbranched alkanes of at least 4 members (excludes halogenated alkanes) is 27. The first-order valence-electron chi connectivity index (χ1n) is 26.6. The highest BCUT2D eigenvalue weighted by molar-refractivity contribution is 7.47. The molecular weight excluding hydrogens is 820 g/mol. The lowest BCUT2D eigenvalue weighted by atomic mass is 10.0. The lowest BCUT2D eigenvalue weighted by Crippen LogP contribution is -2.29. The lowest BCUT2D eigenvalue weighted by molar-refractivity contribution is -0.161. The van der Waals surface area contributed by atoms with E-state index in [9.17, 15) is 19.0 Å². The maximum atomic E-state index is 12.6. The van der Waals surface area contributed by atoms with Crippen LogP contribution in [0.4, 0.5) is 0 Å². The summed E-state index contributed by atoms with van der Waals surface area (Å²) in [6, 6.07) is 0. The average Bonchev–Trinajstić information content (AvgIpc) is 3.28. The lowest BCUT2D eigenvalue weighted by Gasteiger charge is -2.19. The maximum Gasteiger partial charge on any atom is 0.472 e. The minimum absolute atomic E-state index is 0.00299. The van der Waals surface area contributed by atoms with Crippen LogP contribution in [0.3, 0.4) is 0 Å². The molecule has 0 saturated heterocycles. The summed E-state index contributed by atoms with van der Waals surface area (Å²) in [5.74, 6) is -0.802. The minimum atomic E-state index is -4.29. The minimum Gasteiger partial charge on any atom is -0.462 e. The fourth-order valence-corrected chi connectivity index (χ4v) is 8.20. The van der Waals surface area contributed by atoms with E-state index in [0.717, 1.165) is 70.6 Å². The molecule has 0 fully saturated rings. The van der Waals surface area contributed by atoms with Crippen molar-refractivity contribution in [1.82, 2.24) is 0 Å². The summed E-state index contributed by atoms with van der Waals surface area (Å²) in [6.07, 6.45) is 62.9. The third-order valence-electron chi connectivity index (χ3n) is 11.3. The molecule has 0 aliphatic heterocycles. The van der Waals surface area contributed by atoms with Gasteiger partial charge in [0.2, 0.25) is 0 Å². The van der Waals surface area contributed by atoms with Crippen molar-refractivity contribution in [2.24, 2.45) is 0 Å². The van der Waals surface area contributed by atoms with Crippen LogP contribution in [0.5, 0.6) is 0 Å². The smallest absolute Gasteiger partial charge is 0.462 e. The molecule has 0 aromatic heterocycles. The van der Waals surface area contributed by atoms with Gasteiger partial charge in [0.25, 0.3) is 0 Å². The Hall–Kier alpha value is -2.25. The van der Waals surface area contributed by atoms with Crippen LogP contribution in [-0.2, 0) is 32.7 Å². The predicted molar refractivity (Wildman–Crippen MR) is 272 cm³/mol. The van der Waals surface area contributed by atoms with E-state index in [0.29, 0.717) is 12.8 Å². The molecule has 0 aliphatic carbocycles. The number of phosphoric acid groups is 1. The number of allylic oxidation sites excluding steroid dienone is 10. The zero-order valence-electron chi connectivity index (χ0n) is 41.7. The van der Waals surface area contributed by atoms with Gasteiger partial charge in [-0.1, -0.05) is 216 Å². The number of rotatable bonds is 49. The second-order valence-electron chi connectivity index (χ2n) is 17.5. The van der Waals surface area contributed by atoms with Gasteiger partial charge in [-0.15, -0.1) is 0 Å². The Morgan fingerprint density at radius 3 is 1.22 bits per heavy atom. The molecule has 0 heterocycles. The van der Waals surface area contributed by atoms with Gasteiger partial charge in [-0.2, -0.15) is 0 Å². The average molecular weight is 919 g/mol. The number of carbonyl (C=O) groups is 2. The van der Waals surface area contributed by atoms with Crippen molar-refractivity contribution in [1.29, 1.82) is 0 Å². The van der Waals surface area contributed by atoms with E-state index in [1.165, 1.54) is 141 Å². The van der Waals surface area contributed by atoms with Gasteiger partial charge in [0.15, 0.2) is 6.10 Å². The summed E-state index contributed by atoms with van der Waals surface area (Å²) in [7, 11) is -4.29. The van der Waals surface area contributed by atoms with Crippen molar-refractivity contribution in [3.63, 3.8) is 0 Å². The standard InChI is InChI=1S/C55H99O8P/c1-4-7-9-11-13-15-17-19-21-23-25-27-28-30-31-33-35-37-39-41-43-45-47-49-54(56)60-51-53(52-62-64(58,59)61-6-3)63-55(57)50-48-46-44-42-40-38-36-34-32-29-26-24-22-20-18-16-14-12-10-8-5-2/h8,10,14,16,20,22-23,25-26,29,53H,4-7,9,11-13,15,17-19,21,24,27-28,30-52H2,1-3H3,(H,58,59)/b10-8-,16-14-,22-20-,25-23-,29-26-. The van der Waals surface area contributed by atoms with Crippen LogP contribution in [0.15, 0.2) is 60.8 Å². The zero-order chi connectivity index (χ0) is 46.7. The summed E-state index contributed by atoms with van der Waals surface area (Å²) in [6.45, 7) is 5.39. The monoisotopic (exact) mass is 919 g/mol. The first kappa shape index (κ1) is 61.8. The van der Waals surface area contributed by atoms with Gasteiger partial charge >= 0.3 is 19.8 Å². The van der Waals surface area contributed by atoms with E-state index in [2.05, 4.69) is 74.6 Å². The Kier molecular flexibility index (Phi) is 48.4. The second kappa shape index (κ2) is 50.2. The molecule has 64 heavy (non-hydrogen) atoms. The van der Waals surface area contributed by atoms with E-state index >= 15 is 0 Å². The first-order valence-corrected chi connectivity index (χ1v) is 28.1. The van der Waals surface area contributed by atoms with Crippen LogP contribution in [-0.4, -0.2) is 42.8 Å². The Labute approximate surface area is 394 Å². The molecular formula is C55H99O8P. The molecule has 0 aliphatic rings. The Bertz CT molecular complexity index is 1220. The van der Waals surface area contributed by atoms with Gasteiger partial charge in [0, 0.05) is 12.8 Å². The molecule has 8 nitrogen and oxygen atoms in total. The predicted octanol–water partition coefficient (Wildman–Crippen LogP) is 17.5. The van der Waals surface area contributed by atoms with E-state index < -0.39 is 26.5 Å². The van der Waals surface area contributed by atoms with Crippen molar-refractivity contribution in [2.45, 2.75) is 258 Å². The molecule has 0 saturated carbocycles. The third-order valence-corrected chi connectivity index (χ3v) is 12.4. The van der Waals surface area contributed by atoms with Crippen LogP contribution >= 0.6 is 7.82 Å². The van der Waals surface area contributed by atoms with Crippen LogP contribution in [0.2, 0.25) is 0 Å². The topological polar surface area (TPSA) is 108 Å². The molecule has 0 aromatic rings. The van der Waals surface area contributed by atoms with Crippen LogP contribution < -0.4 is 0 Å². The van der Waals surface area contributed by atoms with Crippen molar-refractivity contribution in [3.05, 3.63) is 60.8 Å². The van der Waals surface area contributed by atoms with E-state index in [4.69, 9.17) is 18.5 Å². The van der Waals surface area contributed by atoms with Crippen LogP contribution in [0.1, 0.15) is 252 Å². The zero-order valence-corrected chi connectivity index (χ0v) is 42.6. The third kappa shape index (κ3) is 49.2. The van der Waals surface area contributed by atoms with E-state index in [-0.39, 0.29) is 25.6 Å². The normalized spacial score (nSPS) is 13.6. The van der Waals surface area contributed by atoms with Crippen molar-refractivity contribution < 1.29 is 37.6 Å². The first-order chi connectivity index (χ1) is 31.3. The van der Waals surface area contributed by atoms with Crippen molar-refractivity contribution in [2.75, 3.05) is 19.8 Å². The largest absolute Gasteiger partial charge is 0.472 e. The molecule has 0 spiro atoms. The maximum absolute atomic E-state index is 12.6. The molecule has 0 radical (unpaired) electrons.